The number of nitrogens with zero attached hydrogens (tertiary/aromatic N) is 1. The topological polar surface area (TPSA) is 30.0 Å². The molecule has 0 aliphatic heterocycles. The Labute approximate surface area is 85.4 Å². The number of ketones is 1. The SMILES string of the molecule is CC(=O)CCCc1c(C)ccnc1C. The van der Waals surface area contributed by atoms with Gasteiger partial charge in [0.15, 0.2) is 0 Å². The van der Waals surface area contributed by atoms with Gasteiger partial charge in [0.1, 0.15) is 5.78 Å². The van der Waals surface area contributed by atoms with Crippen molar-refractivity contribution in [3.8, 4) is 0 Å². The van der Waals surface area contributed by atoms with Gasteiger partial charge in [-0.3, -0.25) is 4.98 Å². The minimum atomic E-state index is 0.268. The van der Waals surface area contributed by atoms with Crippen LogP contribution in [-0.2, 0) is 11.2 Å². The lowest BCUT2D eigenvalue weighted by Crippen LogP contribution is -1.98. The van der Waals surface area contributed by atoms with Gasteiger partial charge < -0.3 is 4.79 Å². The first-order valence-corrected chi connectivity index (χ1v) is 5.02. The molecule has 0 fully saturated rings. The minimum Gasteiger partial charge on any atom is -0.300 e. The Morgan fingerprint density at radius 2 is 2.14 bits per heavy atom. The third-order valence-electron chi connectivity index (χ3n) is 2.46. The van der Waals surface area contributed by atoms with Crippen molar-refractivity contribution in [2.45, 2.75) is 40.0 Å². The summed E-state index contributed by atoms with van der Waals surface area (Å²) in [5.74, 6) is 0.268. The third kappa shape index (κ3) is 2.95. The van der Waals surface area contributed by atoms with Gasteiger partial charge in [0.05, 0.1) is 0 Å². The summed E-state index contributed by atoms with van der Waals surface area (Å²) in [6.45, 7) is 5.76. The predicted octanol–water partition coefficient (Wildman–Crippen LogP) is 2.61. The van der Waals surface area contributed by atoms with Crippen molar-refractivity contribution in [3.05, 3.63) is 29.1 Å². The molecular formula is C12H17NO. The molecule has 2 nitrogen and oxygen atoms in total. The van der Waals surface area contributed by atoms with Gasteiger partial charge in [0.25, 0.3) is 0 Å². The predicted molar refractivity (Wildman–Crippen MR) is 57.3 cm³/mol. The Kier molecular flexibility index (Phi) is 3.81. The molecule has 14 heavy (non-hydrogen) atoms. The van der Waals surface area contributed by atoms with E-state index in [9.17, 15) is 4.79 Å². The molecule has 0 spiro atoms. The fourth-order valence-corrected chi connectivity index (χ4v) is 1.62. The third-order valence-corrected chi connectivity index (χ3v) is 2.46. The highest BCUT2D eigenvalue weighted by molar-refractivity contribution is 5.75. The van der Waals surface area contributed by atoms with E-state index in [2.05, 4.69) is 11.9 Å². The summed E-state index contributed by atoms with van der Waals surface area (Å²) in [7, 11) is 0. The largest absolute Gasteiger partial charge is 0.300 e. The molecule has 0 radical (unpaired) electrons. The van der Waals surface area contributed by atoms with Crippen molar-refractivity contribution in [2.24, 2.45) is 0 Å². The Balaban J connectivity index is 2.62. The van der Waals surface area contributed by atoms with E-state index >= 15 is 0 Å². The van der Waals surface area contributed by atoms with Crippen LogP contribution in [-0.4, -0.2) is 10.8 Å². The molecular weight excluding hydrogens is 174 g/mol. The van der Waals surface area contributed by atoms with E-state index in [1.54, 1.807) is 6.92 Å². The van der Waals surface area contributed by atoms with Crippen LogP contribution in [0.15, 0.2) is 12.3 Å². The number of aromatic nitrogens is 1. The van der Waals surface area contributed by atoms with Gasteiger partial charge in [0, 0.05) is 18.3 Å². The molecule has 0 saturated carbocycles. The van der Waals surface area contributed by atoms with Crippen LogP contribution in [0.1, 0.15) is 36.6 Å². The average molecular weight is 191 g/mol. The van der Waals surface area contributed by atoms with E-state index in [4.69, 9.17) is 0 Å². The number of aryl methyl sites for hydroxylation is 2. The van der Waals surface area contributed by atoms with Crippen LogP contribution in [0, 0.1) is 13.8 Å². The number of carbonyl (C=O) groups excluding carboxylic acids is 1. The van der Waals surface area contributed by atoms with Gasteiger partial charge >= 0.3 is 0 Å². The molecule has 0 aliphatic rings. The maximum absolute atomic E-state index is 10.8. The molecule has 76 valence electrons. The van der Waals surface area contributed by atoms with Gasteiger partial charge in [-0.25, -0.2) is 0 Å². The van der Waals surface area contributed by atoms with E-state index in [0.717, 1.165) is 18.5 Å². The van der Waals surface area contributed by atoms with Gasteiger partial charge in [0.2, 0.25) is 0 Å². The molecule has 1 rings (SSSR count). The van der Waals surface area contributed by atoms with Crippen LogP contribution >= 0.6 is 0 Å². The van der Waals surface area contributed by atoms with Crippen molar-refractivity contribution in [3.63, 3.8) is 0 Å². The number of hydrogen-bond acceptors (Lipinski definition) is 2. The fourth-order valence-electron chi connectivity index (χ4n) is 1.62. The van der Waals surface area contributed by atoms with Crippen molar-refractivity contribution >= 4 is 5.78 Å². The van der Waals surface area contributed by atoms with Crippen LogP contribution in [0.4, 0.5) is 0 Å². The highest BCUT2D eigenvalue weighted by Crippen LogP contribution is 2.13. The quantitative estimate of drug-likeness (QED) is 0.732. The van der Waals surface area contributed by atoms with Crippen LogP contribution in [0.2, 0.25) is 0 Å². The molecule has 0 unspecified atom stereocenters. The van der Waals surface area contributed by atoms with E-state index in [1.807, 2.05) is 19.2 Å². The van der Waals surface area contributed by atoms with Crippen molar-refractivity contribution in [2.75, 3.05) is 0 Å². The number of carbonyl (C=O) groups is 1. The summed E-state index contributed by atoms with van der Waals surface area (Å²) in [5.41, 5.74) is 3.67. The molecule has 1 aromatic heterocycles. The molecule has 0 atom stereocenters. The molecule has 2 heteroatoms. The first kappa shape index (κ1) is 10.9. The van der Waals surface area contributed by atoms with Gasteiger partial charge in [-0.15, -0.1) is 0 Å². The Morgan fingerprint density at radius 1 is 1.43 bits per heavy atom. The second-order valence-electron chi connectivity index (χ2n) is 3.75. The van der Waals surface area contributed by atoms with Crippen LogP contribution < -0.4 is 0 Å². The minimum absolute atomic E-state index is 0.268. The first-order valence-electron chi connectivity index (χ1n) is 5.02. The molecule has 0 bridgehead atoms. The molecule has 0 amide bonds. The molecule has 1 aromatic rings. The highest BCUT2D eigenvalue weighted by atomic mass is 16.1. The molecule has 0 aliphatic carbocycles. The lowest BCUT2D eigenvalue weighted by atomic mass is 10.0. The Bertz CT molecular complexity index is 311. The average Bonchev–Trinajstić information content (AvgIpc) is 2.09. The van der Waals surface area contributed by atoms with E-state index in [1.165, 1.54) is 11.1 Å². The zero-order valence-corrected chi connectivity index (χ0v) is 9.13. The molecule has 1 heterocycles. The van der Waals surface area contributed by atoms with Crippen molar-refractivity contribution in [1.82, 2.24) is 4.98 Å². The van der Waals surface area contributed by atoms with Crippen molar-refractivity contribution in [1.29, 1.82) is 0 Å². The normalized spacial score (nSPS) is 10.2. The van der Waals surface area contributed by atoms with E-state index in [-0.39, 0.29) is 5.78 Å². The fraction of sp³-hybridized carbons (Fsp3) is 0.500. The highest BCUT2D eigenvalue weighted by Gasteiger charge is 2.03. The summed E-state index contributed by atoms with van der Waals surface area (Å²) in [4.78, 5) is 15.0. The number of pyridine rings is 1. The lowest BCUT2D eigenvalue weighted by Gasteiger charge is -2.07. The van der Waals surface area contributed by atoms with Gasteiger partial charge in [-0.1, -0.05) is 0 Å². The standard InChI is InChI=1S/C12H17NO/c1-9-7-8-13-11(3)12(9)6-4-5-10(2)14/h7-8H,4-6H2,1-3H3. The number of hydrogen-bond donors (Lipinski definition) is 0. The first-order chi connectivity index (χ1) is 6.61. The summed E-state index contributed by atoms with van der Waals surface area (Å²) in [6.07, 6.45) is 4.40. The van der Waals surface area contributed by atoms with Crippen LogP contribution in [0.3, 0.4) is 0 Å². The molecule has 0 N–H and O–H groups in total. The van der Waals surface area contributed by atoms with E-state index < -0.39 is 0 Å². The summed E-state index contributed by atoms with van der Waals surface area (Å²) >= 11 is 0. The maximum Gasteiger partial charge on any atom is 0.129 e. The van der Waals surface area contributed by atoms with Crippen molar-refractivity contribution < 1.29 is 4.79 Å². The Hall–Kier alpha value is -1.18. The lowest BCUT2D eigenvalue weighted by molar-refractivity contribution is -0.117. The second-order valence-corrected chi connectivity index (χ2v) is 3.75. The summed E-state index contributed by atoms with van der Waals surface area (Å²) in [5, 5.41) is 0. The van der Waals surface area contributed by atoms with Gasteiger partial charge in [-0.05, 0) is 50.8 Å². The monoisotopic (exact) mass is 191 g/mol. The van der Waals surface area contributed by atoms with Gasteiger partial charge in [-0.2, -0.15) is 0 Å². The van der Waals surface area contributed by atoms with Crippen LogP contribution in [0.5, 0.6) is 0 Å². The van der Waals surface area contributed by atoms with E-state index in [0.29, 0.717) is 6.42 Å². The summed E-state index contributed by atoms with van der Waals surface area (Å²) in [6, 6.07) is 2.02. The Morgan fingerprint density at radius 3 is 2.71 bits per heavy atom. The maximum atomic E-state index is 10.8. The number of Topliss-reactive ketones (excluding diaryl/α,β-unsaturated/α-hetero) is 1. The molecule has 0 saturated heterocycles. The summed E-state index contributed by atoms with van der Waals surface area (Å²) < 4.78 is 0. The smallest absolute Gasteiger partial charge is 0.129 e. The zero-order valence-electron chi connectivity index (χ0n) is 9.13. The molecule has 0 aromatic carbocycles. The number of rotatable bonds is 4. The zero-order chi connectivity index (χ0) is 10.6. The second kappa shape index (κ2) is 4.89. The van der Waals surface area contributed by atoms with Crippen LogP contribution in [0.25, 0.3) is 0 Å².